The summed E-state index contributed by atoms with van der Waals surface area (Å²) >= 11 is 1.45. The summed E-state index contributed by atoms with van der Waals surface area (Å²) in [5, 5.41) is 3.48. The van der Waals surface area contributed by atoms with Crippen LogP contribution in [0.1, 0.15) is 22.9 Å². The maximum atomic E-state index is 12.5. The molecule has 2 amide bonds. The van der Waals surface area contributed by atoms with Crippen LogP contribution in [0, 0.1) is 6.92 Å². The monoisotopic (exact) mass is 435 g/mol. The molecule has 0 radical (unpaired) electrons. The van der Waals surface area contributed by atoms with E-state index in [9.17, 15) is 9.59 Å². The molecule has 3 heterocycles. The molecule has 0 saturated carbocycles. The lowest BCUT2D eigenvalue weighted by atomic mass is 10.1. The Balaban J connectivity index is 1.31. The highest BCUT2D eigenvalue weighted by Gasteiger charge is 2.23. The van der Waals surface area contributed by atoms with Gasteiger partial charge in [-0.05, 0) is 48.7 Å². The third kappa shape index (κ3) is 3.74. The number of thiazole rings is 1. The number of aryl methyl sites for hydroxylation is 1. The Kier molecular flexibility index (Phi) is 4.86. The Labute approximate surface area is 183 Å². The molecule has 0 saturated heterocycles. The Bertz CT molecular complexity index is 1200. The first-order valence-corrected chi connectivity index (χ1v) is 10.9. The van der Waals surface area contributed by atoms with Crippen molar-refractivity contribution in [1.82, 2.24) is 4.98 Å². The van der Waals surface area contributed by atoms with E-state index in [4.69, 9.17) is 9.47 Å². The first-order valence-electron chi connectivity index (χ1n) is 10.0. The number of amides is 2. The molecule has 7 nitrogen and oxygen atoms in total. The second-order valence-electron chi connectivity index (χ2n) is 7.60. The lowest BCUT2D eigenvalue weighted by Gasteiger charge is -2.14. The van der Waals surface area contributed by atoms with E-state index in [1.165, 1.54) is 11.3 Å². The van der Waals surface area contributed by atoms with Crippen LogP contribution in [0.3, 0.4) is 0 Å². The number of aromatic nitrogens is 1. The smallest absolute Gasteiger partial charge is 0.231 e. The van der Waals surface area contributed by atoms with Crippen molar-refractivity contribution in [3.05, 3.63) is 52.4 Å². The normalized spacial score (nSPS) is 13.9. The molecule has 2 aliphatic heterocycles. The maximum Gasteiger partial charge on any atom is 0.231 e. The standard InChI is InChI=1S/C23H21N3O4S/c1-13-22(17-4-5-18-16(11-17)7-8-26(18)14(2)27)25-23(31-13)24-21(28)10-15-3-6-19-20(9-15)30-12-29-19/h3-6,9,11H,7-8,10,12H2,1-2H3,(H,24,25,28). The van der Waals surface area contributed by atoms with Gasteiger partial charge in [0, 0.05) is 29.6 Å². The van der Waals surface area contributed by atoms with Gasteiger partial charge in [-0.2, -0.15) is 0 Å². The lowest BCUT2D eigenvalue weighted by Crippen LogP contribution is -2.25. The van der Waals surface area contributed by atoms with Gasteiger partial charge in [-0.25, -0.2) is 4.98 Å². The van der Waals surface area contributed by atoms with Gasteiger partial charge in [-0.1, -0.05) is 12.1 Å². The SMILES string of the molecule is CC(=O)N1CCc2cc(-c3nc(NC(=O)Cc4ccc5c(c4)OCO5)sc3C)ccc21. The van der Waals surface area contributed by atoms with Crippen LogP contribution in [0.4, 0.5) is 10.8 Å². The molecule has 0 aliphatic carbocycles. The van der Waals surface area contributed by atoms with E-state index < -0.39 is 0 Å². The van der Waals surface area contributed by atoms with E-state index in [1.807, 2.05) is 37.3 Å². The van der Waals surface area contributed by atoms with Crippen molar-refractivity contribution >= 4 is 34.0 Å². The van der Waals surface area contributed by atoms with Crippen LogP contribution < -0.4 is 19.7 Å². The Morgan fingerprint density at radius 3 is 2.84 bits per heavy atom. The van der Waals surface area contributed by atoms with Crippen LogP contribution in [0.5, 0.6) is 11.5 Å². The Morgan fingerprint density at radius 1 is 1.16 bits per heavy atom. The Hall–Kier alpha value is -3.39. The van der Waals surface area contributed by atoms with E-state index in [2.05, 4.69) is 16.4 Å². The zero-order valence-corrected chi connectivity index (χ0v) is 18.0. The first kappa shape index (κ1) is 19.6. The fourth-order valence-electron chi connectivity index (χ4n) is 3.99. The molecule has 1 aromatic heterocycles. The van der Waals surface area contributed by atoms with Crippen LogP contribution in [-0.4, -0.2) is 30.1 Å². The van der Waals surface area contributed by atoms with Gasteiger partial charge in [0.25, 0.3) is 0 Å². The topological polar surface area (TPSA) is 80.8 Å². The minimum Gasteiger partial charge on any atom is -0.454 e. The van der Waals surface area contributed by atoms with Crippen molar-refractivity contribution < 1.29 is 19.1 Å². The Morgan fingerprint density at radius 2 is 2.00 bits per heavy atom. The van der Waals surface area contributed by atoms with Crippen LogP contribution in [-0.2, 0) is 22.4 Å². The van der Waals surface area contributed by atoms with Gasteiger partial charge >= 0.3 is 0 Å². The van der Waals surface area contributed by atoms with Gasteiger partial charge in [-0.15, -0.1) is 11.3 Å². The predicted molar refractivity (Wildman–Crippen MR) is 119 cm³/mol. The second kappa shape index (κ2) is 7.70. The van der Waals surface area contributed by atoms with Gasteiger partial charge < -0.3 is 19.7 Å². The van der Waals surface area contributed by atoms with Gasteiger partial charge in [0.1, 0.15) is 0 Å². The third-order valence-corrected chi connectivity index (χ3v) is 6.36. The number of anilines is 2. The van der Waals surface area contributed by atoms with E-state index in [1.54, 1.807) is 11.8 Å². The summed E-state index contributed by atoms with van der Waals surface area (Å²) in [6.45, 7) is 4.51. The van der Waals surface area contributed by atoms with Crippen molar-refractivity contribution in [2.45, 2.75) is 26.7 Å². The van der Waals surface area contributed by atoms with Crippen molar-refractivity contribution in [2.24, 2.45) is 0 Å². The number of fused-ring (bicyclic) bond motifs is 2. The van der Waals surface area contributed by atoms with Gasteiger partial charge in [-0.3, -0.25) is 9.59 Å². The van der Waals surface area contributed by atoms with E-state index >= 15 is 0 Å². The summed E-state index contributed by atoms with van der Waals surface area (Å²) in [6.07, 6.45) is 1.06. The van der Waals surface area contributed by atoms with Crippen LogP contribution in [0.25, 0.3) is 11.3 Å². The van der Waals surface area contributed by atoms with Crippen LogP contribution >= 0.6 is 11.3 Å². The molecule has 31 heavy (non-hydrogen) atoms. The number of hydrogen-bond acceptors (Lipinski definition) is 6. The molecule has 2 aliphatic rings. The molecular weight excluding hydrogens is 414 g/mol. The van der Waals surface area contributed by atoms with Crippen molar-refractivity contribution in [2.75, 3.05) is 23.6 Å². The second-order valence-corrected chi connectivity index (χ2v) is 8.80. The molecule has 3 aromatic rings. The zero-order chi connectivity index (χ0) is 21.5. The largest absolute Gasteiger partial charge is 0.454 e. The number of ether oxygens (including phenoxy) is 2. The number of hydrogen-bond donors (Lipinski definition) is 1. The van der Waals surface area contributed by atoms with Crippen LogP contribution in [0.15, 0.2) is 36.4 Å². The lowest BCUT2D eigenvalue weighted by molar-refractivity contribution is -0.117. The number of rotatable bonds is 4. The molecule has 0 bridgehead atoms. The summed E-state index contributed by atoms with van der Waals surface area (Å²) in [5.74, 6) is 1.29. The molecule has 158 valence electrons. The first-order chi connectivity index (χ1) is 15.0. The summed E-state index contributed by atoms with van der Waals surface area (Å²) in [4.78, 5) is 31.8. The fraction of sp³-hybridized carbons (Fsp3) is 0.261. The highest BCUT2D eigenvalue weighted by molar-refractivity contribution is 7.16. The maximum absolute atomic E-state index is 12.5. The molecular formula is C23H21N3O4S. The summed E-state index contributed by atoms with van der Waals surface area (Å²) in [5.41, 5.74) is 4.82. The quantitative estimate of drug-likeness (QED) is 0.672. The molecule has 0 atom stereocenters. The van der Waals surface area contributed by atoms with Crippen molar-refractivity contribution in [3.63, 3.8) is 0 Å². The van der Waals surface area contributed by atoms with Crippen LogP contribution in [0.2, 0.25) is 0 Å². The summed E-state index contributed by atoms with van der Waals surface area (Å²) in [6, 6.07) is 11.6. The van der Waals surface area contributed by atoms with Gasteiger partial charge in [0.2, 0.25) is 18.6 Å². The molecule has 5 rings (SSSR count). The van der Waals surface area contributed by atoms with Crippen molar-refractivity contribution in [1.29, 1.82) is 0 Å². The van der Waals surface area contributed by atoms with E-state index in [0.29, 0.717) is 23.2 Å². The molecule has 0 unspecified atom stereocenters. The molecule has 0 fully saturated rings. The highest BCUT2D eigenvalue weighted by Crippen LogP contribution is 2.36. The van der Waals surface area contributed by atoms with Gasteiger partial charge in [0.15, 0.2) is 16.6 Å². The number of nitrogens with zero attached hydrogens (tertiary/aromatic N) is 2. The minimum atomic E-state index is -0.134. The third-order valence-electron chi connectivity index (χ3n) is 5.47. The molecule has 1 N–H and O–H groups in total. The van der Waals surface area contributed by atoms with E-state index in [-0.39, 0.29) is 25.0 Å². The highest BCUT2D eigenvalue weighted by atomic mass is 32.1. The average Bonchev–Trinajstić information content (AvgIpc) is 3.44. The number of nitrogens with one attached hydrogen (secondary N) is 1. The fourth-order valence-corrected chi connectivity index (χ4v) is 4.85. The number of carbonyl (C=O) groups is 2. The number of carbonyl (C=O) groups excluding carboxylic acids is 2. The molecule has 2 aromatic carbocycles. The van der Waals surface area contributed by atoms with Crippen molar-refractivity contribution in [3.8, 4) is 22.8 Å². The average molecular weight is 436 g/mol. The summed E-state index contributed by atoms with van der Waals surface area (Å²) in [7, 11) is 0. The molecule has 0 spiro atoms. The summed E-state index contributed by atoms with van der Waals surface area (Å²) < 4.78 is 10.7. The predicted octanol–water partition coefficient (Wildman–Crippen LogP) is 3.94. The number of benzene rings is 2. The molecule has 8 heteroatoms. The van der Waals surface area contributed by atoms with Gasteiger partial charge in [0.05, 0.1) is 12.1 Å². The zero-order valence-electron chi connectivity index (χ0n) is 17.2. The van der Waals surface area contributed by atoms with E-state index in [0.717, 1.165) is 39.4 Å². The minimum absolute atomic E-state index is 0.0591.